The molecule has 0 aliphatic heterocycles. The number of carbonyl (C=O) groups excluding carboxylic acids is 2. The number of thiophene rings is 1. The molecule has 0 bridgehead atoms. The molecule has 2 amide bonds. The van der Waals surface area contributed by atoms with Gasteiger partial charge in [-0.1, -0.05) is 104 Å². The highest BCUT2D eigenvalue weighted by molar-refractivity contribution is 7.09. The van der Waals surface area contributed by atoms with Crippen LogP contribution in [0.1, 0.15) is 36.3 Å². The van der Waals surface area contributed by atoms with Crippen LogP contribution in [0.15, 0.2) is 127 Å². The van der Waals surface area contributed by atoms with Crippen LogP contribution in [-0.4, -0.2) is 55.0 Å². The van der Waals surface area contributed by atoms with Gasteiger partial charge in [-0.05, 0) is 73.5 Å². The van der Waals surface area contributed by atoms with Crippen molar-refractivity contribution in [3.05, 3.63) is 143 Å². The molecule has 3 aromatic carbocycles. The fourth-order valence-corrected chi connectivity index (χ4v) is 6.07. The Morgan fingerprint density at radius 2 is 1.53 bits per heavy atom. The SMILES string of the molecule is C=C(NCCc1ccccc1)C(Cc1cccs1)N(C)C(=O)[C@@H](Cc1ccc(-c2ccccc2)cc1)NC(=O)/C=C/CC(C)(C)NC. The lowest BCUT2D eigenvalue weighted by molar-refractivity contribution is -0.135. The van der Waals surface area contributed by atoms with E-state index in [9.17, 15) is 9.59 Å². The average Bonchev–Trinajstić information content (AvgIpc) is 3.61. The molecule has 1 unspecified atom stereocenters. The van der Waals surface area contributed by atoms with Gasteiger partial charge in [-0.15, -0.1) is 11.3 Å². The molecular formula is C40H48N4O2S. The summed E-state index contributed by atoms with van der Waals surface area (Å²) < 4.78 is 0. The molecule has 246 valence electrons. The normalized spacial score (nSPS) is 12.8. The maximum atomic E-state index is 14.3. The maximum absolute atomic E-state index is 14.3. The Kier molecular flexibility index (Phi) is 13.1. The van der Waals surface area contributed by atoms with E-state index in [0.717, 1.165) is 33.7 Å². The molecule has 7 heteroatoms. The highest BCUT2D eigenvalue weighted by Gasteiger charge is 2.30. The second kappa shape index (κ2) is 17.5. The first-order chi connectivity index (χ1) is 22.6. The zero-order valence-corrected chi connectivity index (χ0v) is 28.9. The minimum atomic E-state index is -0.764. The van der Waals surface area contributed by atoms with Crippen LogP contribution in [0.4, 0.5) is 0 Å². The van der Waals surface area contributed by atoms with E-state index < -0.39 is 6.04 Å². The lowest BCUT2D eigenvalue weighted by Gasteiger charge is -2.33. The average molecular weight is 649 g/mol. The molecule has 1 aromatic heterocycles. The number of benzene rings is 3. The van der Waals surface area contributed by atoms with Gasteiger partial charge in [0.25, 0.3) is 0 Å². The fraction of sp³-hybridized carbons (Fsp3) is 0.300. The summed E-state index contributed by atoms with van der Waals surface area (Å²) in [7, 11) is 3.71. The summed E-state index contributed by atoms with van der Waals surface area (Å²) in [5.74, 6) is -0.457. The van der Waals surface area contributed by atoms with Gasteiger partial charge in [-0.25, -0.2) is 0 Å². The minimum absolute atomic E-state index is 0.143. The van der Waals surface area contributed by atoms with E-state index in [1.54, 1.807) is 16.2 Å². The van der Waals surface area contributed by atoms with Gasteiger partial charge in [0.1, 0.15) is 6.04 Å². The summed E-state index contributed by atoms with van der Waals surface area (Å²) >= 11 is 1.66. The predicted molar refractivity (Wildman–Crippen MR) is 196 cm³/mol. The van der Waals surface area contributed by atoms with Crippen molar-refractivity contribution in [2.75, 3.05) is 20.6 Å². The van der Waals surface area contributed by atoms with Crippen molar-refractivity contribution >= 4 is 23.2 Å². The molecule has 0 fully saturated rings. The Morgan fingerprint density at radius 3 is 2.17 bits per heavy atom. The summed E-state index contributed by atoms with van der Waals surface area (Å²) in [6.45, 7) is 9.23. The minimum Gasteiger partial charge on any atom is -0.387 e. The smallest absolute Gasteiger partial charge is 0.245 e. The number of rotatable bonds is 17. The van der Waals surface area contributed by atoms with Crippen molar-refractivity contribution < 1.29 is 9.59 Å². The Hall–Kier alpha value is -4.46. The topological polar surface area (TPSA) is 73.5 Å². The molecule has 47 heavy (non-hydrogen) atoms. The first-order valence-corrected chi connectivity index (χ1v) is 17.1. The number of amides is 2. The standard InChI is InChI=1S/C40H48N4O2S/c1-30(42-26-24-31-14-8-6-9-15-31)37(29-35-18-13-27-47-35)44(5)39(46)36(43-38(45)19-12-25-40(2,3)41-4)28-32-20-22-34(23-21-32)33-16-10-7-11-17-33/h6-23,27,36-37,41-42H,1,24-26,28-29H2,2-5H3,(H,43,45)/b19-12+/t36-,37?/m1/s1. The number of hydrogen-bond donors (Lipinski definition) is 3. The molecule has 0 saturated heterocycles. The van der Waals surface area contributed by atoms with Crippen molar-refractivity contribution in [2.45, 2.75) is 57.2 Å². The summed E-state index contributed by atoms with van der Waals surface area (Å²) in [6.07, 6.45) is 5.89. The maximum Gasteiger partial charge on any atom is 0.245 e. The molecule has 0 spiro atoms. The molecule has 6 nitrogen and oxygen atoms in total. The fourth-order valence-electron chi connectivity index (χ4n) is 5.32. The van der Waals surface area contributed by atoms with Crippen molar-refractivity contribution in [1.82, 2.24) is 20.9 Å². The van der Waals surface area contributed by atoms with Crippen molar-refractivity contribution in [2.24, 2.45) is 0 Å². The molecule has 0 radical (unpaired) electrons. The van der Waals surface area contributed by atoms with Crippen molar-refractivity contribution in [3.63, 3.8) is 0 Å². The molecule has 0 aliphatic carbocycles. The molecule has 0 aliphatic rings. The second-order valence-electron chi connectivity index (χ2n) is 12.5. The quantitative estimate of drug-likeness (QED) is 0.110. The highest BCUT2D eigenvalue weighted by atomic mass is 32.1. The Bertz CT molecular complexity index is 1580. The van der Waals surface area contributed by atoms with E-state index in [1.807, 2.05) is 80.1 Å². The Balaban J connectivity index is 1.53. The monoisotopic (exact) mass is 648 g/mol. The molecular weight excluding hydrogens is 601 g/mol. The van der Waals surface area contributed by atoms with Crippen LogP contribution in [0.2, 0.25) is 0 Å². The zero-order valence-electron chi connectivity index (χ0n) is 28.0. The van der Waals surface area contributed by atoms with E-state index >= 15 is 0 Å². The second-order valence-corrected chi connectivity index (χ2v) is 13.5. The largest absolute Gasteiger partial charge is 0.387 e. The lowest BCUT2D eigenvalue weighted by Crippen LogP contribution is -2.53. The number of hydrogen-bond acceptors (Lipinski definition) is 5. The van der Waals surface area contributed by atoms with Crippen LogP contribution in [0.25, 0.3) is 11.1 Å². The molecule has 3 N–H and O–H groups in total. The van der Waals surface area contributed by atoms with E-state index in [1.165, 1.54) is 11.6 Å². The van der Waals surface area contributed by atoms with E-state index in [0.29, 0.717) is 25.8 Å². The van der Waals surface area contributed by atoms with E-state index in [-0.39, 0.29) is 23.4 Å². The van der Waals surface area contributed by atoms with Gasteiger partial charge in [0, 0.05) is 42.5 Å². The number of nitrogens with one attached hydrogen (secondary N) is 3. The first kappa shape index (κ1) is 35.4. The van der Waals surface area contributed by atoms with Gasteiger partial charge in [-0.3, -0.25) is 9.59 Å². The van der Waals surface area contributed by atoms with Gasteiger partial charge in [-0.2, -0.15) is 0 Å². The van der Waals surface area contributed by atoms with Crippen LogP contribution in [-0.2, 0) is 28.9 Å². The third kappa shape index (κ3) is 11.1. The van der Waals surface area contributed by atoms with Crippen LogP contribution in [0.5, 0.6) is 0 Å². The predicted octanol–water partition coefficient (Wildman–Crippen LogP) is 6.80. The van der Waals surface area contributed by atoms with Crippen LogP contribution in [0.3, 0.4) is 0 Å². The molecule has 4 rings (SSSR count). The molecule has 2 atom stereocenters. The van der Waals surface area contributed by atoms with E-state index in [2.05, 4.69) is 78.8 Å². The van der Waals surface area contributed by atoms with Gasteiger partial charge in [0.15, 0.2) is 0 Å². The van der Waals surface area contributed by atoms with Gasteiger partial charge < -0.3 is 20.9 Å². The molecule has 1 heterocycles. The van der Waals surface area contributed by atoms with Gasteiger partial charge >= 0.3 is 0 Å². The number of nitrogens with zero attached hydrogens (tertiary/aromatic N) is 1. The van der Waals surface area contributed by atoms with Crippen LogP contribution < -0.4 is 16.0 Å². The summed E-state index contributed by atoms with van der Waals surface area (Å²) in [4.78, 5) is 30.4. The highest BCUT2D eigenvalue weighted by Crippen LogP contribution is 2.22. The van der Waals surface area contributed by atoms with Crippen LogP contribution >= 0.6 is 11.3 Å². The van der Waals surface area contributed by atoms with E-state index in [4.69, 9.17) is 0 Å². The third-order valence-corrected chi connectivity index (χ3v) is 9.39. The Morgan fingerprint density at radius 1 is 0.872 bits per heavy atom. The summed E-state index contributed by atoms with van der Waals surface area (Å²) in [5.41, 5.74) is 5.06. The zero-order chi connectivity index (χ0) is 33.6. The van der Waals surface area contributed by atoms with Gasteiger partial charge in [0.2, 0.25) is 11.8 Å². The number of likely N-dealkylation sites (N-methyl/N-ethyl adjacent to an activating group) is 1. The molecule has 4 aromatic rings. The lowest BCUT2D eigenvalue weighted by atomic mass is 9.99. The summed E-state index contributed by atoms with van der Waals surface area (Å²) in [6, 6.07) is 31.7. The van der Waals surface area contributed by atoms with Crippen LogP contribution in [0, 0.1) is 0 Å². The Labute approximate surface area is 284 Å². The third-order valence-electron chi connectivity index (χ3n) is 8.49. The van der Waals surface area contributed by atoms with Crippen molar-refractivity contribution in [3.8, 4) is 11.1 Å². The first-order valence-electron chi connectivity index (χ1n) is 16.2. The molecule has 0 saturated carbocycles. The number of carbonyl (C=O) groups is 2. The van der Waals surface area contributed by atoms with Gasteiger partial charge in [0.05, 0.1) is 6.04 Å². The summed E-state index contributed by atoms with van der Waals surface area (Å²) in [5, 5.41) is 11.8. The van der Waals surface area contributed by atoms with Crippen molar-refractivity contribution in [1.29, 1.82) is 0 Å².